The quantitative estimate of drug-likeness (QED) is 0.672. The Kier molecular flexibility index (Phi) is 4.13. The Hall–Kier alpha value is -2.96. The molecule has 110 valence electrons. The number of nitro groups is 1. The molecule has 0 aliphatic rings. The van der Waals surface area contributed by atoms with Gasteiger partial charge in [0, 0.05) is 6.07 Å². The predicted molar refractivity (Wildman–Crippen MR) is 74.4 cm³/mol. The van der Waals surface area contributed by atoms with E-state index in [9.17, 15) is 15.2 Å². The minimum absolute atomic E-state index is 0.0185. The maximum Gasteiger partial charge on any atom is 0.315 e. The SMILES string of the molecule is COc1ccc(Oc2ccc(O)cc2[N+](=O)[O-])cc1OC. The maximum absolute atomic E-state index is 11.0. The van der Waals surface area contributed by atoms with Crippen LogP contribution in [0.25, 0.3) is 0 Å². The molecule has 0 unspecified atom stereocenters. The first-order valence-electron chi connectivity index (χ1n) is 5.92. The lowest BCUT2D eigenvalue weighted by molar-refractivity contribution is -0.385. The molecule has 0 atom stereocenters. The number of ether oxygens (including phenoxy) is 3. The number of hydrogen-bond acceptors (Lipinski definition) is 6. The summed E-state index contributed by atoms with van der Waals surface area (Å²) < 4.78 is 15.7. The van der Waals surface area contributed by atoms with E-state index in [0.29, 0.717) is 17.2 Å². The van der Waals surface area contributed by atoms with E-state index in [-0.39, 0.29) is 17.2 Å². The van der Waals surface area contributed by atoms with Crippen LogP contribution >= 0.6 is 0 Å². The summed E-state index contributed by atoms with van der Waals surface area (Å²) in [6.45, 7) is 0. The van der Waals surface area contributed by atoms with Crippen LogP contribution in [0.2, 0.25) is 0 Å². The Morgan fingerprint density at radius 3 is 2.29 bits per heavy atom. The van der Waals surface area contributed by atoms with E-state index in [2.05, 4.69) is 0 Å². The summed E-state index contributed by atoms with van der Waals surface area (Å²) in [4.78, 5) is 10.3. The predicted octanol–water partition coefficient (Wildman–Crippen LogP) is 3.11. The molecule has 0 saturated heterocycles. The molecule has 0 bridgehead atoms. The molecule has 2 rings (SSSR count). The summed E-state index contributed by atoms with van der Waals surface area (Å²) in [5.41, 5.74) is -0.329. The van der Waals surface area contributed by atoms with Crippen molar-refractivity contribution in [2.24, 2.45) is 0 Å². The van der Waals surface area contributed by atoms with E-state index in [0.717, 1.165) is 6.07 Å². The molecule has 7 nitrogen and oxygen atoms in total. The summed E-state index contributed by atoms with van der Waals surface area (Å²) in [6.07, 6.45) is 0. The molecule has 1 N–H and O–H groups in total. The fourth-order valence-corrected chi connectivity index (χ4v) is 1.74. The molecule has 2 aromatic rings. The topological polar surface area (TPSA) is 91.1 Å². The molecule has 0 aromatic heterocycles. The monoisotopic (exact) mass is 291 g/mol. The second-order valence-corrected chi connectivity index (χ2v) is 4.03. The summed E-state index contributed by atoms with van der Waals surface area (Å²) in [5, 5.41) is 20.3. The number of rotatable bonds is 5. The van der Waals surface area contributed by atoms with Gasteiger partial charge in [0.15, 0.2) is 11.5 Å². The van der Waals surface area contributed by atoms with Gasteiger partial charge >= 0.3 is 5.69 Å². The van der Waals surface area contributed by atoms with Crippen LogP contribution in [0.5, 0.6) is 28.7 Å². The second-order valence-electron chi connectivity index (χ2n) is 4.03. The van der Waals surface area contributed by atoms with Crippen LogP contribution < -0.4 is 14.2 Å². The minimum atomic E-state index is -0.629. The van der Waals surface area contributed by atoms with Crippen LogP contribution in [0.15, 0.2) is 36.4 Å². The van der Waals surface area contributed by atoms with Gasteiger partial charge in [-0.2, -0.15) is 0 Å². The van der Waals surface area contributed by atoms with Crippen molar-refractivity contribution in [1.29, 1.82) is 0 Å². The third-order valence-electron chi connectivity index (χ3n) is 2.72. The molecule has 0 aliphatic carbocycles. The van der Waals surface area contributed by atoms with E-state index < -0.39 is 4.92 Å². The third kappa shape index (κ3) is 3.14. The third-order valence-corrected chi connectivity index (χ3v) is 2.72. The van der Waals surface area contributed by atoms with Gasteiger partial charge in [-0.05, 0) is 24.3 Å². The zero-order valence-electron chi connectivity index (χ0n) is 11.4. The summed E-state index contributed by atoms with van der Waals surface area (Å²) in [5.74, 6) is 1.12. The lowest BCUT2D eigenvalue weighted by atomic mass is 10.2. The van der Waals surface area contributed by atoms with Crippen LogP contribution in [0.4, 0.5) is 5.69 Å². The van der Waals surface area contributed by atoms with Crippen molar-refractivity contribution in [3.8, 4) is 28.7 Å². The smallest absolute Gasteiger partial charge is 0.315 e. The number of hydrogen-bond donors (Lipinski definition) is 1. The van der Waals surface area contributed by atoms with Crippen LogP contribution in [-0.4, -0.2) is 24.2 Å². The van der Waals surface area contributed by atoms with Crippen molar-refractivity contribution in [1.82, 2.24) is 0 Å². The molecule has 2 aromatic carbocycles. The molecule has 0 radical (unpaired) electrons. The van der Waals surface area contributed by atoms with Gasteiger partial charge in [-0.1, -0.05) is 0 Å². The van der Waals surface area contributed by atoms with Crippen LogP contribution in [0.1, 0.15) is 0 Å². The van der Waals surface area contributed by atoms with Gasteiger partial charge in [0.25, 0.3) is 0 Å². The van der Waals surface area contributed by atoms with Crippen LogP contribution in [0, 0.1) is 10.1 Å². The lowest BCUT2D eigenvalue weighted by Gasteiger charge is -2.10. The first-order valence-corrected chi connectivity index (χ1v) is 5.92. The first-order chi connectivity index (χ1) is 10.0. The highest BCUT2D eigenvalue weighted by Gasteiger charge is 2.17. The summed E-state index contributed by atoms with van der Waals surface area (Å²) >= 11 is 0. The Morgan fingerprint density at radius 1 is 1.00 bits per heavy atom. The average Bonchev–Trinajstić information content (AvgIpc) is 2.48. The zero-order valence-corrected chi connectivity index (χ0v) is 11.4. The lowest BCUT2D eigenvalue weighted by Crippen LogP contribution is -1.95. The van der Waals surface area contributed by atoms with E-state index >= 15 is 0 Å². The highest BCUT2D eigenvalue weighted by Crippen LogP contribution is 2.37. The van der Waals surface area contributed by atoms with Crippen molar-refractivity contribution in [2.45, 2.75) is 0 Å². The average molecular weight is 291 g/mol. The Morgan fingerprint density at radius 2 is 1.67 bits per heavy atom. The number of nitrogens with zero attached hydrogens (tertiary/aromatic N) is 1. The molecule has 7 heteroatoms. The number of aromatic hydroxyl groups is 1. The van der Waals surface area contributed by atoms with Crippen molar-refractivity contribution < 1.29 is 24.2 Å². The van der Waals surface area contributed by atoms with E-state index in [1.165, 1.54) is 26.4 Å². The van der Waals surface area contributed by atoms with Crippen molar-refractivity contribution >= 4 is 5.69 Å². The number of methoxy groups -OCH3 is 2. The van der Waals surface area contributed by atoms with Gasteiger partial charge in [-0.15, -0.1) is 0 Å². The number of phenolic OH excluding ortho intramolecular Hbond substituents is 1. The number of benzene rings is 2. The van der Waals surface area contributed by atoms with Gasteiger partial charge in [0.05, 0.1) is 25.2 Å². The normalized spacial score (nSPS) is 10.0. The highest BCUT2D eigenvalue weighted by molar-refractivity contribution is 5.53. The molecule has 0 saturated carbocycles. The Balaban J connectivity index is 2.36. The van der Waals surface area contributed by atoms with Gasteiger partial charge in [-0.25, -0.2) is 0 Å². The fourth-order valence-electron chi connectivity index (χ4n) is 1.74. The van der Waals surface area contributed by atoms with Crippen molar-refractivity contribution in [2.75, 3.05) is 14.2 Å². The number of phenols is 1. The van der Waals surface area contributed by atoms with E-state index in [1.54, 1.807) is 18.2 Å². The molecule has 21 heavy (non-hydrogen) atoms. The van der Waals surface area contributed by atoms with E-state index in [1.807, 2.05) is 0 Å². The minimum Gasteiger partial charge on any atom is -0.508 e. The second kappa shape index (κ2) is 6.00. The van der Waals surface area contributed by atoms with Gasteiger partial charge in [-0.3, -0.25) is 10.1 Å². The molecular formula is C14H13NO6. The van der Waals surface area contributed by atoms with Crippen LogP contribution in [0.3, 0.4) is 0 Å². The van der Waals surface area contributed by atoms with Gasteiger partial charge in [0.2, 0.25) is 5.75 Å². The fraction of sp³-hybridized carbons (Fsp3) is 0.143. The van der Waals surface area contributed by atoms with Crippen molar-refractivity contribution in [3.63, 3.8) is 0 Å². The van der Waals surface area contributed by atoms with Crippen molar-refractivity contribution in [3.05, 3.63) is 46.5 Å². The molecular weight excluding hydrogens is 278 g/mol. The molecule has 0 heterocycles. The van der Waals surface area contributed by atoms with E-state index in [4.69, 9.17) is 14.2 Å². The Labute approximate surface area is 120 Å². The summed E-state index contributed by atoms with van der Waals surface area (Å²) in [7, 11) is 2.98. The molecule has 0 spiro atoms. The highest BCUT2D eigenvalue weighted by atomic mass is 16.6. The molecule has 0 fully saturated rings. The first kappa shape index (κ1) is 14.4. The standard InChI is InChI=1S/C14H13NO6/c1-19-13-6-4-10(8-14(13)20-2)21-12-5-3-9(16)7-11(12)15(17)18/h3-8,16H,1-2H3. The number of nitro benzene ring substituents is 1. The zero-order chi connectivity index (χ0) is 15.4. The van der Waals surface area contributed by atoms with Gasteiger partial charge in [0.1, 0.15) is 11.5 Å². The largest absolute Gasteiger partial charge is 0.508 e. The molecule has 0 aliphatic heterocycles. The maximum atomic E-state index is 11.0. The Bertz CT molecular complexity index is 671. The van der Waals surface area contributed by atoms with Gasteiger partial charge < -0.3 is 19.3 Å². The molecule has 0 amide bonds. The summed E-state index contributed by atoms with van der Waals surface area (Å²) in [6, 6.07) is 8.43. The van der Waals surface area contributed by atoms with Crippen LogP contribution in [-0.2, 0) is 0 Å².